The Kier molecular flexibility index (Phi) is 2.76. The maximum atomic E-state index is 5.71. The van der Waals surface area contributed by atoms with Crippen molar-refractivity contribution in [2.75, 3.05) is 37.3 Å². The molecule has 16 heavy (non-hydrogen) atoms. The van der Waals surface area contributed by atoms with Crippen molar-refractivity contribution in [3.63, 3.8) is 0 Å². The molecule has 0 aliphatic carbocycles. The molecule has 0 radical (unpaired) electrons. The van der Waals surface area contributed by atoms with E-state index in [4.69, 9.17) is 5.73 Å². The smallest absolute Gasteiger partial charge is 0.131 e. The van der Waals surface area contributed by atoms with Gasteiger partial charge in [0.1, 0.15) is 11.6 Å². The van der Waals surface area contributed by atoms with Crippen molar-refractivity contribution in [3.05, 3.63) is 18.2 Å². The highest BCUT2D eigenvalue weighted by Crippen LogP contribution is 2.23. The first kappa shape index (κ1) is 11.2. The third kappa shape index (κ3) is 2.11. The number of nitrogen functional groups attached to an aromatic ring is 1. The molecule has 2 N–H and O–H groups in total. The van der Waals surface area contributed by atoms with Crippen LogP contribution >= 0.6 is 0 Å². The monoisotopic (exact) mass is 220 g/mol. The zero-order valence-corrected chi connectivity index (χ0v) is 10.3. The minimum Gasteiger partial charge on any atom is -0.384 e. The van der Waals surface area contributed by atoms with E-state index in [1.807, 2.05) is 18.2 Å². The molecule has 1 aliphatic rings. The topological polar surface area (TPSA) is 45.4 Å². The number of piperazine rings is 1. The lowest BCUT2D eigenvalue weighted by atomic mass is 10.00. The van der Waals surface area contributed by atoms with Crippen LogP contribution in [0.2, 0.25) is 0 Å². The molecule has 88 valence electrons. The van der Waals surface area contributed by atoms with Gasteiger partial charge in [0.05, 0.1) is 0 Å². The van der Waals surface area contributed by atoms with E-state index in [0.29, 0.717) is 5.82 Å². The molecule has 0 saturated carbocycles. The average Bonchev–Trinajstić information content (AvgIpc) is 2.22. The Labute approximate surface area is 97.1 Å². The second-order valence-corrected chi connectivity index (χ2v) is 5.08. The van der Waals surface area contributed by atoms with Crippen LogP contribution in [0.4, 0.5) is 11.6 Å². The van der Waals surface area contributed by atoms with Crippen LogP contribution in [0.25, 0.3) is 0 Å². The van der Waals surface area contributed by atoms with Gasteiger partial charge in [0, 0.05) is 25.2 Å². The van der Waals surface area contributed by atoms with Crippen LogP contribution in [-0.2, 0) is 0 Å². The third-order valence-corrected chi connectivity index (χ3v) is 3.40. The Morgan fingerprint density at radius 3 is 2.69 bits per heavy atom. The van der Waals surface area contributed by atoms with Crippen LogP contribution in [-0.4, -0.2) is 42.1 Å². The Morgan fingerprint density at radius 2 is 2.06 bits per heavy atom. The van der Waals surface area contributed by atoms with Crippen LogP contribution in [0.15, 0.2) is 18.2 Å². The van der Waals surface area contributed by atoms with E-state index < -0.39 is 0 Å². The van der Waals surface area contributed by atoms with Gasteiger partial charge in [0.15, 0.2) is 0 Å². The summed E-state index contributed by atoms with van der Waals surface area (Å²) in [5, 5.41) is 0. The Bertz CT molecular complexity index is 375. The molecule has 4 heteroatoms. The number of rotatable bonds is 1. The maximum absolute atomic E-state index is 5.71. The zero-order valence-electron chi connectivity index (χ0n) is 10.3. The summed E-state index contributed by atoms with van der Waals surface area (Å²) >= 11 is 0. The second kappa shape index (κ2) is 3.94. The molecule has 2 rings (SSSR count). The van der Waals surface area contributed by atoms with Crippen LogP contribution in [0.3, 0.4) is 0 Å². The molecule has 4 nitrogen and oxygen atoms in total. The molecular formula is C12H20N4. The number of nitrogens with two attached hydrogens (primary N) is 1. The fraction of sp³-hybridized carbons (Fsp3) is 0.583. The molecule has 0 aromatic carbocycles. The van der Waals surface area contributed by atoms with Gasteiger partial charge in [-0.25, -0.2) is 4.98 Å². The summed E-state index contributed by atoms with van der Waals surface area (Å²) in [6.45, 7) is 7.57. The minimum atomic E-state index is 0.185. The lowest BCUT2D eigenvalue weighted by Crippen LogP contribution is -2.57. The van der Waals surface area contributed by atoms with E-state index in [1.54, 1.807) is 0 Å². The lowest BCUT2D eigenvalue weighted by molar-refractivity contribution is 0.138. The molecule has 1 aromatic heterocycles. The van der Waals surface area contributed by atoms with Crippen LogP contribution in [0.1, 0.15) is 13.8 Å². The molecule has 2 heterocycles. The third-order valence-electron chi connectivity index (χ3n) is 3.40. The number of hydrogen-bond donors (Lipinski definition) is 1. The highest BCUT2D eigenvalue weighted by atomic mass is 15.3. The molecule has 0 amide bonds. The van der Waals surface area contributed by atoms with Gasteiger partial charge in [-0.3, -0.25) is 4.90 Å². The molecule has 1 fully saturated rings. The van der Waals surface area contributed by atoms with E-state index in [2.05, 4.69) is 35.7 Å². The summed E-state index contributed by atoms with van der Waals surface area (Å²) in [5.74, 6) is 1.58. The fourth-order valence-electron chi connectivity index (χ4n) is 2.05. The van der Waals surface area contributed by atoms with Crippen LogP contribution in [0.5, 0.6) is 0 Å². The summed E-state index contributed by atoms with van der Waals surface area (Å²) in [5.41, 5.74) is 5.90. The first-order chi connectivity index (χ1) is 7.49. The first-order valence-corrected chi connectivity index (χ1v) is 5.68. The molecule has 1 aromatic rings. The second-order valence-electron chi connectivity index (χ2n) is 5.08. The summed E-state index contributed by atoms with van der Waals surface area (Å²) < 4.78 is 0. The largest absolute Gasteiger partial charge is 0.384 e. The van der Waals surface area contributed by atoms with E-state index in [1.165, 1.54) is 0 Å². The highest BCUT2D eigenvalue weighted by molar-refractivity contribution is 5.45. The number of aromatic nitrogens is 1. The quantitative estimate of drug-likeness (QED) is 0.772. The summed E-state index contributed by atoms with van der Waals surface area (Å²) in [6.07, 6.45) is 0. The van der Waals surface area contributed by atoms with E-state index >= 15 is 0 Å². The molecule has 1 aliphatic heterocycles. The number of anilines is 2. The Hall–Kier alpha value is -1.29. The fourth-order valence-corrected chi connectivity index (χ4v) is 2.05. The predicted molar refractivity (Wildman–Crippen MR) is 67.6 cm³/mol. The van der Waals surface area contributed by atoms with Gasteiger partial charge in [0.2, 0.25) is 0 Å². The SMILES string of the molecule is CN1CCN(c2cccc(N)n2)CC1(C)C. The van der Waals surface area contributed by atoms with E-state index in [-0.39, 0.29) is 5.54 Å². The standard InChI is InChI=1S/C12H20N4/c1-12(2)9-16(8-7-15(12)3)11-6-4-5-10(13)14-11/h4-6H,7-9H2,1-3H3,(H2,13,14). The van der Waals surface area contributed by atoms with Crippen molar-refractivity contribution in [1.82, 2.24) is 9.88 Å². The summed E-state index contributed by atoms with van der Waals surface area (Å²) in [7, 11) is 2.17. The van der Waals surface area contributed by atoms with Gasteiger partial charge in [-0.15, -0.1) is 0 Å². The molecule has 0 atom stereocenters. The molecule has 1 saturated heterocycles. The van der Waals surface area contributed by atoms with Crippen molar-refractivity contribution in [3.8, 4) is 0 Å². The number of hydrogen-bond acceptors (Lipinski definition) is 4. The Morgan fingerprint density at radius 1 is 1.31 bits per heavy atom. The minimum absolute atomic E-state index is 0.185. The van der Waals surface area contributed by atoms with Gasteiger partial charge in [-0.05, 0) is 33.0 Å². The predicted octanol–water partition coefficient (Wildman–Crippen LogP) is 1.19. The molecule has 0 bridgehead atoms. The van der Waals surface area contributed by atoms with Crippen molar-refractivity contribution in [2.45, 2.75) is 19.4 Å². The van der Waals surface area contributed by atoms with Crippen molar-refractivity contribution >= 4 is 11.6 Å². The first-order valence-electron chi connectivity index (χ1n) is 5.68. The molecule has 0 unspecified atom stereocenters. The van der Waals surface area contributed by atoms with Crippen molar-refractivity contribution in [1.29, 1.82) is 0 Å². The molecule has 0 spiro atoms. The zero-order chi connectivity index (χ0) is 11.8. The van der Waals surface area contributed by atoms with E-state index in [9.17, 15) is 0 Å². The normalized spacial score (nSPS) is 21.1. The summed E-state index contributed by atoms with van der Waals surface area (Å²) in [6, 6.07) is 5.81. The van der Waals surface area contributed by atoms with Crippen LogP contribution < -0.4 is 10.6 Å². The lowest BCUT2D eigenvalue weighted by Gasteiger charge is -2.45. The van der Waals surface area contributed by atoms with Gasteiger partial charge in [-0.2, -0.15) is 0 Å². The summed E-state index contributed by atoms with van der Waals surface area (Å²) in [4.78, 5) is 9.06. The van der Waals surface area contributed by atoms with Gasteiger partial charge >= 0.3 is 0 Å². The van der Waals surface area contributed by atoms with Gasteiger partial charge in [0.25, 0.3) is 0 Å². The van der Waals surface area contributed by atoms with Gasteiger partial charge in [-0.1, -0.05) is 6.07 Å². The van der Waals surface area contributed by atoms with E-state index in [0.717, 1.165) is 25.5 Å². The number of nitrogens with zero attached hydrogens (tertiary/aromatic N) is 3. The maximum Gasteiger partial charge on any atom is 0.131 e. The average molecular weight is 220 g/mol. The van der Waals surface area contributed by atoms with Crippen LogP contribution in [0, 0.1) is 0 Å². The van der Waals surface area contributed by atoms with Gasteiger partial charge < -0.3 is 10.6 Å². The molecular weight excluding hydrogens is 200 g/mol. The number of pyridine rings is 1. The van der Waals surface area contributed by atoms with Crippen molar-refractivity contribution in [2.24, 2.45) is 0 Å². The number of likely N-dealkylation sites (N-methyl/N-ethyl adjacent to an activating group) is 1. The van der Waals surface area contributed by atoms with Crippen molar-refractivity contribution < 1.29 is 0 Å². The highest BCUT2D eigenvalue weighted by Gasteiger charge is 2.31. The Balaban J connectivity index is 2.18.